The van der Waals surface area contributed by atoms with Crippen molar-refractivity contribution in [2.24, 2.45) is 0 Å². The highest BCUT2D eigenvalue weighted by Gasteiger charge is 2.26. The lowest BCUT2D eigenvalue weighted by Crippen LogP contribution is -2.50. The van der Waals surface area contributed by atoms with Gasteiger partial charge in [-0.25, -0.2) is 0 Å². The third-order valence-corrected chi connectivity index (χ3v) is 4.94. The summed E-state index contributed by atoms with van der Waals surface area (Å²) in [6.07, 6.45) is 0.968. The topological polar surface area (TPSA) is 52.7 Å². The number of hydrogen-bond acceptors (Lipinski definition) is 3. The third kappa shape index (κ3) is 3.09. The summed E-state index contributed by atoms with van der Waals surface area (Å²) in [7, 11) is 0. The summed E-state index contributed by atoms with van der Waals surface area (Å²) >= 11 is 0. The van der Waals surface area contributed by atoms with Crippen LogP contribution in [0, 0.1) is 0 Å². The molecule has 2 aromatic rings. The van der Waals surface area contributed by atoms with E-state index >= 15 is 0 Å². The molecule has 0 aliphatic carbocycles. The Morgan fingerprint density at radius 1 is 0.800 bits per heavy atom. The van der Waals surface area contributed by atoms with Gasteiger partial charge in [-0.3, -0.25) is 9.59 Å². The second-order valence-corrected chi connectivity index (χ2v) is 6.50. The van der Waals surface area contributed by atoms with E-state index in [-0.39, 0.29) is 11.8 Å². The van der Waals surface area contributed by atoms with E-state index in [1.54, 1.807) is 0 Å². The molecule has 0 bridgehead atoms. The lowest BCUT2D eigenvalue weighted by atomic mass is 10.1. The van der Waals surface area contributed by atoms with Crippen LogP contribution in [0.15, 0.2) is 48.5 Å². The zero-order valence-electron chi connectivity index (χ0n) is 14.1. The molecule has 0 atom stereocenters. The first kappa shape index (κ1) is 15.7. The van der Waals surface area contributed by atoms with Crippen LogP contribution < -0.4 is 5.32 Å². The molecule has 1 N–H and O–H groups in total. The van der Waals surface area contributed by atoms with Gasteiger partial charge in [-0.15, -0.1) is 0 Å². The Morgan fingerprint density at radius 2 is 1.44 bits per heavy atom. The summed E-state index contributed by atoms with van der Waals surface area (Å²) in [6, 6.07) is 15.2. The van der Waals surface area contributed by atoms with E-state index < -0.39 is 0 Å². The van der Waals surface area contributed by atoms with E-state index in [9.17, 15) is 9.59 Å². The van der Waals surface area contributed by atoms with E-state index in [0.29, 0.717) is 31.7 Å². The number of carbonyl (C=O) groups is 2. The number of fused-ring (bicyclic) bond motifs is 1. The minimum Gasteiger partial charge on any atom is -0.384 e. The number of benzene rings is 2. The summed E-state index contributed by atoms with van der Waals surface area (Å²) in [5.74, 6) is 0.0952. The highest BCUT2D eigenvalue weighted by atomic mass is 16.2. The number of piperazine rings is 1. The Balaban J connectivity index is 1.40. The van der Waals surface area contributed by atoms with Gasteiger partial charge in [0.05, 0.1) is 0 Å². The van der Waals surface area contributed by atoms with Crippen molar-refractivity contribution in [1.82, 2.24) is 9.80 Å². The number of nitrogens with one attached hydrogen (secondary N) is 1. The van der Waals surface area contributed by atoms with E-state index in [1.165, 1.54) is 5.56 Å². The van der Waals surface area contributed by atoms with Crippen LogP contribution in [0.25, 0.3) is 0 Å². The Bertz CT molecular complexity index is 796. The molecule has 1 saturated heterocycles. The van der Waals surface area contributed by atoms with Crippen molar-refractivity contribution >= 4 is 17.5 Å². The largest absolute Gasteiger partial charge is 0.384 e. The van der Waals surface area contributed by atoms with Gasteiger partial charge in [-0.1, -0.05) is 18.2 Å². The maximum atomic E-state index is 12.7. The van der Waals surface area contributed by atoms with Gasteiger partial charge in [0.1, 0.15) is 0 Å². The molecule has 0 unspecified atom stereocenters. The molecule has 0 radical (unpaired) electrons. The highest BCUT2D eigenvalue weighted by molar-refractivity contribution is 5.96. The van der Waals surface area contributed by atoms with Gasteiger partial charge in [-0.2, -0.15) is 0 Å². The van der Waals surface area contributed by atoms with Gasteiger partial charge in [0, 0.05) is 49.5 Å². The number of nitrogens with zero attached hydrogens (tertiary/aromatic N) is 2. The zero-order chi connectivity index (χ0) is 17.2. The summed E-state index contributed by atoms with van der Waals surface area (Å²) in [5.41, 5.74) is 3.79. The molecule has 1 fully saturated rings. The number of hydrogen-bond donors (Lipinski definition) is 1. The summed E-state index contributed by atoms with van der Waals surface area (Å²) in [4.78, 5) is 28.9. The molecule has 0 aromatic heterocycles. The molecular weight excluding hydrogens is 314 g/mol. The Morgan fingerprint density at radius 3 is 2.12 bits per heavy atom. The third-order valence-electron chi connectivity index (χ3n) is 4.94. The van der Waals surface area contributed by atoms with E-state index in [2.05, 4.69) is 5.32 Å². The average molecular weight is 335 g/mol. The van der Waals surface area contributed by atoms with E-state index in [0.717, 1.165) is 24.2 Å². The predicted octanol–water partition coefficient (Wildman–Crippen LogP) is 2.25. The van der Waals surface area contributed by atoms with Crippen LogP contribution in [0.4, 0.5) is 5.69 Å². The van der Waals surface area contributed by atoms with Crippen LogP contribution in [0.5, 0.6) is 0 Å². The number of rotatable bonds is 2. The van der Waals surface area contributed by atoms with Gasteiger partial charge in [-0.05, 0) is 42.3 Å². The smallest absolute Gasteiger partial charge is 0.253 e. The lowest BCUT2D eigenvalue weighted by molar-refractivity contribution is 0.0535. The second-order valence-electron chi connectivity index (χ2n) is 6.50. The van der Waals surface area contributed by atoms with Gasteiger partial charge in [0.2, 0.25) is 0 Å². The SMILES string of the molecule is O=C(c1ccccc1)N1CCN(C(=O)c2ccc3c(c2)CCN3)CC1. The minimum absolute atomic E-state index is 0.0382. The molecule has 2 aromatic carbocycles. The van der Waals surface area contributed by atoms with Crippen molar-refractivity contribution in [3.8, 4) is 0 Å². The van der Waals surface area contributed by atoms with Gasteiger partial charge >= 0.3 is 0 Å². The van der Waals surface area contributed by atoms with Crippen LogP contribution in [0.3, 0.4) is 0 Å². The fourth-order valence-corrected chi connectivity index (χ4v) is 3.50. The highest BCUT2D eigenvalue weighted by Crippen LogP contribution is 2.24. The molecule has 5 nitrogen and oxygen atoms in total. The molecule has 2 aliphatic rings. The Labute approximate surface area is 147 Å². The molecule has 128 valence electrons. The molecule has 2 amide bonds. The number of amides is 2. The monoisotopic (exact) mass is 335 g/mol. The first-order chi connectivity index (χ1) is 12.2. The lowest BCUT2D eigenvalue weighted by Gasteiger charge is -2.35. The standard InChI is InChI=1S/C20H21N3O2/c24-19(15-4-2-1-3-5-15)22-10-12-23(13-11-22)20(25)17-6-7-18-16(14-17)8-9-21-18/h1-7,14,21H,8-13H2. The van der Waals surface area contributed by atoms with Gasteiger partial charge in [0.15, 0.2) is 0 Å². The van der Waals surface area contributed by atoms with Crippen molar-refractivity contribution in [3.05, 3.63) is 65.2 Å². The van der Waals surface area contributed by atoms with E-state index in [1.807, 2.05) is 58.3 Å². The average Bonchev–Trinajstić information content (AvgIpc) is 3.15. The normalized spacial score (nSPS) is 16.3. The van der Waals surface area contributed by atoms with Crippen LogP contribution in [-0.2, 0) is 6.42 Å². The maximum Gasteiger partial charge on any atom is 0.253 e. The predicted molar refractivity (Wildman–Crippen MR) is 96.9 cm³/mol. The van der Waals surface area contributed by atoms with Gasteiger partial charge < -0.3 is 15.1 Å². The zero-order valence-corrected chi connectivity index (χ0v) is 14.1. The molecule has 0 saturated carbocycles. The summed E-state index contributed by atoms with van der Waals surface area (Å²) in [5, 5.41) is 3.31. The van der Waals surface area contributed by atoms with Crippen molar-refractivity contribution in [2.45, 2.75) is 6.42 Å². The quantitative estimate of drug-likeness (QED) is 0.916. The molecule has 2 heterocycles. The van der Waals surface area contributed by atoms with E-state index in [4.69, 9.17) is 0 Å². The molecule has 4 rings (SSSR count). The van der Waals surface area contributed by atoms with Crippen molar-refractivity contribution in [2.75, 3.05) is 38.0 Å². The van der Waals surface area contributed by atoms with Gasteiger partial charge in [0.25, 0.3) is 11.8 Å². The fraction of sp³-hybridized carbons (Fsp3) is 0.300. The van der Waals surface area contributed by atoms with Crippen LogP contribution in [0.2, 0.25) is 0 Å². The second kappa shape index (κ2) is 6.59. The fourth-order valence-electron chi connectivity index (χ4n) is 3.50. The molecule has 5 heteroatoms. The number of carbonyl (C=O) groups excluding carboxylic acids is 2. The first-order valence-corrected chi connectivity index (χ1v) is 8.73. The maximum absolute atomic E-state index is 12.7. The molecular formula is C20H21N3O2. The minimum atomic E-state index is 0.0382. The van der Waals surface area contributed by atoms with Crippen molar-refractivity contribution in [1.29, 1.82) is 0 Å². The van der Waals surface area contributed by atoms with Crippen LogP contribution in [-0.4, -0.2) is 54.3 Å². The Hall–Kier alpha value is -2.82. The molecule has 25 heavy (non-hydrogen) atoms. The first-order valence-electron chi connectivity index (χ1n) is 8.73. The summed E-state index contributed by atoms with van der Waals surface area (Å²) < 4.78 is 0. The van der Waals surface area contributed by atoms with Crippen molar-refractivity contribution in [3.63, 3.8) is 0 Å². The van der Waals surface area contributed by atoms with Crippen LogP contribution >= 0.6 is 0 Å². The Kier molecular flexibility index (Phi) is 4.14. The van der Waals surface area contributed by atoms with Crippen LogP contribution in [0.1, 0.15) is 26.3 Å². The molecule has 0 spiro atoms. The number of anilines is 1. The summed E-state index contributed by atoms with van der Waals surface area (Å²) in [6.45, 7) is 3.24. The molecule has 2 aliphatic heterocycles. The van der Waals surface area contributed by atoms with Crippen molar-refractivity contribution < 1.29 is 9.59 Å².